The fourth-order valence-corrected chi connectivity index (χ4v) is 2.19. The van der Waals surface area contributed by atoms with E-state index in [-0.39, 0.29) is 6.04 Å². The Morgan fingerprint density at radius 1 is 1.44 bits per heavy atom. The Bertz CT molecular complexity index is 436. The van der Waals surface area contributed by atoms with Crippen LogP contribution in [0.15, 0.2) is 18.2 Å². The van der Waals surface area contributed by atoms with Gasteiger partial charge in [-0.15, -0.1) is 0 Å². The van der Waals surface area contributed by atoms with E-state index in [0.29, 0.717) is 12.8 Å². The molecule has 1 aliphatic rings. The zero-order valence-electron chi connectivity index (χ0n) is 9.66. The van der Waals surface area contributed by atoms with E-state index < -0.39 is 11.4 Å². The van der Waals surface area contributed by atoms with Crippen LogP contribution in [0.1, 0.15) is 35.6 Å². The number of hydrogen-bond acceptors (Lipinski definition) is 2. The third-order valence-corrected chi connectivity index (χ3v) is 3.58. The number of hydrogen-bond donors (Lipinski definition) is 2. The Kier molecular flexibility index (Phi) is 2.50. The molecule has 1 aliphatic carbocycles. The minimum atomic E-state index is -0.763. The largest absolute Gasteiger partial charge is 0.481 e. The van der Waals surface area contributed by atoms with E-state index in [0.717, 1.165) is 16.7 Å². The molecule has 3 heteroatoms. The molecule has 0 bridgehead atoms. The van der Waals surface area contributed by atoms with Crippen LogP contribution < -0.4 is 5.73 Å². The summed E-state index contributed by atoms with van der Waals surface area (Å²) < 4.78 is 0. The first-order chi connectivity index (χ1) is 7.47. The standard InChI is InChI=1S/C13H17NO2/c1-8-3-4-9(2)10(7-8)11(14)13(5-6-13)12(15)16/h3-4,7,11H,5-6,14H2,1-2H3,(H,15,16). The molecule has 1 aromatic rings. The molecular formula is C13H17NO2. The van der Waals surface area contributed by atoms with Gasteiger partial charge in [-0.1, -0.05) is 23.8 Å². The molecule has 2 rings (SSSR count). The van der Waals surface area contributed by atoms with Crippen LogP contribution in [0.25, 0.3) is 0 Å². The van der Waals surface area contributed by atoms with E-state index in [2.05, 4.69) is 0 Å². The summed E-state index contributed by atoms with van der Waals surface area (Å²) in [5, 5.41) is 9.22. The zero-order chi connectivity index (χ0) is 11.9. The molecule has 1 unspecified atom stereocenters. The molecule has 0 spiro atoms. The Hall–Kier alpha value is -1.35. The first kappa shape index (κ1) is 11.1. The molecule has 0 heterocycles. The monoisotopic (exact) mass is 219 g/mol. The van der Waals surface area contributed by atoms with Crippen molar-refractivity contribution in [2.45, 2.75) is 32.7 Å². The van der Waals surface area contributed by atoms with Crippen LogP contribution >= 0.6 is 0 Å². The van der Waals surface area contributed by atoms with Crippen molar-refractivity contribution in [2.75, 3.05) is 0 Å². The molecule has 1 fully saturated rings. The minimum absolute atomic E-state index is 0.384. The van der Waals surface area contributed by atoms with E-state index in [9.17, 15) is 9.90 Å². The number of benzene rings is 1. The first-order valence-corrected chi connectivity index (χ1v) is 5.53. The molecular weight excluding hydrogens is 202 g/mol. The lowest BCUT2D eigenvalue weighted by Gasteiger charge is -2.21. The number of carboxylic acid groups (broad SMARTS) is 1. The van der Waals surface area contributed by atoms with Gasteiger partial charge in [-0.25, -0.2) is 0 Å². The van der Waals surface area contributed by atoms with Gasteiger partial charge in [-0.3, -0.25) is 4.79 Å². The molecule has 0 aromatic heterocycles. The highest BCUT2D eigenvalue weighted by Gasteiger charge is 2.55. The van der Waals surface area contributed by atoms with Gasteiger partial charge in [0, 0.05) is 6.04 Å². The van der Waals surface area contributed by atoms with E-state index in [4.69, 9.17) is 5.73 Å². The van der Waals surface area contributed by atoms with Crippen molar-refractivity contribution in [2.24, 2.45) is 11.1 Å². The quantitative estimate of drug-likeness (QED) is 0.818. The normalized spacial score (nSPS) is 19.2. The van der Waals surface area contributed by atoms with Gasteiger partial charge in [0.1, 0.15) is 0 Å². The third-order valence-electron chi connectivity index (χ3n) is 3.58. The highest BCUT2D eigenvalue weighted by atomic mass is 16.4. The number of aryl methyl sites for hydroxylation is 2. The second-order valence-electron chi connectivity index (χ2n) is 4.80. The smallest absolute Gasteiger partial charge is 0.311 e. The molecule has 0 aliphatic heterocycles. The highest BCUT2D eigenvalue weighted by molar-refractivity contribution is 5.79. The van der Waals surface area contributed by atoms with Crippen molar-refractivity contribution < 1.29 is 9.90 Å². The lowest BCUT2D eigenvalue weighted by Crippen LogP contribution is -2.30. The molecule has 16 heavy (non-hydrogen) atoms. The molecule has 1 aromatic carbocycles. The molecule has 3 nitrogen and oxygen atoms in total. The summed E-state index contributed by atoms with van der Waals surface area (Å²) in [4.78, 5) is 11.2. The molecule has 0 radical (unpaired) electrons. The second kappa shape index (κ2) is 3.59. The van der Waals surface area contributed by atoms with Crippen LogP contribution in [-0.2, 0) is 4.79 Å². The fourth-order valence-electron chi connectivity index (χ4n) is 2.19. The second-order valence-corrected chi connectivity index (χ2v) is 4.80. The molecule has 1 atom stereocenters. The molecule has 3 N–H and O–H groups in total. The summed E-state index contributed by atoms with van der Waals surface area (Å²) in [6.45, 7) is 3.97. The summed E-state index contributed by atoms with van der Waals surface area (Å²) in [5.74, 6) is -0.763. The lowest BCUT2D eigenvalue weighted by molar-refractivity contribution is -0.144. The maximum absolute atomic E-state index is 11.2. The van der Waals surface area contributed by atoms with Crippen molar-refractivity contribution in [3.63, 3.8) is 0 Å². The van der Waals surface area contributed by atoms with Crippen LogP contribution in [0, 0.1) is 19.3 Å². The predicted octanol–water partition coefficient (Wildman–Crippen LogP) is 2.17. The Morgan fingerprint density at radius 2 is 2.06 bits per heavy atom. The van der Waals surface area contributed by atoms with Crippen LogP contribution in [0.2, 0.25) is 0 Å². The zero-order valence-corrected chi connectivity index (χ0v) is 9.66. The number of nitrogens with two attached hydrogens (primary N) is 1. The van der Waals surface area contributed by atoms with E-state index in [1.807, 2.05) is 32.0 Å². The summed E-state index contributed by atoms with van der Waals surface area (Å²) >= 11 is 0. The Morgan fingerprint density at radius 3 is 2.56 bits per heavy atom. The average molecular weight is 219 g/mol. The lowest BCUT2D eigenvalue weighted by atomic mass is 9.87. The fraction of sp³-hybridized carbons (Fsp3) is 0.462. The van der Waals surface area contributed by atoms with Gasteiger partial charge in [0.25, 0.3) is 0 Å². The Labute approximate surface area is 95.3 Å². The SMILES string of the molecule is Cc1ccc(C)c(C(N)C2(C(=O)O)CC2)c1. The number of rotatable bonds is 3. The van der Waals surface area contributed by atoms with Crippen molar-refractivity contribution in [1.29, 1.82) is 0 Å². The van der Waals surface area contributed by atoms with Crippen molar-refractivity contribution in [3.8, 4) is 0 Å². The average Bonchev–Trinajstić information content (AvgIpc) is 3.01. The first-order valence-electron chi connectivity index (χ1n) is 5.53. The maximum atomic E-state index is 11.2. The molecule has 86 valence electrons. The number of aliphatic carboxylic acids is 1. The molecule has 0 amide bonds. The van der Waals surface area contributed by atoms with Gasteiger partial charge >= 0.3 is 5.97 Å². The van der Waals surface area contributed by atoms with Gasteiger partial charge in [0.2, 0.25) is 0 Å². The highest BCUT2D eigenvalue weighted by Crippen LogP contribution is 2.54. The summed E-state index contributed by atoms with van der Waals surface area (Å²) in [6, 6.07) is 5.64. The number of carbonyl (C=O) groups is 1. The molecule has 0 saturated heterocycles. The van der Waals surface area contributed by atoms with Crippen LogP contribution in [0.3, 0.4) is 0 Å². The van der Waals surface area contributed by atoms with E-state index >= 15 is 0 Å². The maximum Gasteiger partial charge on any atom is 0.311 e. The predicted molar refractivity (Wildman–Crippen MR) is 62.1 cm³/mol. The van der Waals surface area contributed by atoms with Gasteiger partial charge in [-0.2, -0.15) is 0 Å². The van der Waals surface area contributed by atoms with Crippen LogP contribution in [0.5, 0.6) is 0 Å². The van der Waals surface area contributed by atoms with Gasteiger partial charge in [0.05, 0.1) is 5.41 Å². The van der Waals surface area contributed by atoms with Crippen molar-refractivity contribution in [1.82, 2.24) is 0 Å². The Balaban J connectivity index is 2.38. The van der Waals surface area contributed by atoms with E-state index in [1.54, 1.807) is 0 Å². The number of carboxylic acids is 1. The van der Waals surface area contributed by atoms with E-state index in [1.165, 1.54) is 0 Å². The summed E-state index contributed by atoms with van der Waals surface area (Å²) in [7, 11) is 0. The topological polar surface area (TPSA) is 63.3 Å². The summed E-state index contributed by atoms with van der Waals surface area (Å²) in [5.41, 5.74) is 8.58. The van der Waals surface area contributed by atoms with Gasteiger partial charge in [-0.05, 0) is 37.8 Å². The van der Waals surface area contributed by atoms with Gasteiger partial charge in [0.15, 0.2) is 0 Å². The van der Waals surface area contributed by atoms with Crippen LogP contribution in [-0.4, -0.2) is 11.1 Å². The van der Waals surface area contributed by atoms with Gasteiger partial charge < -0.3 is 10.8 Å². The van der Waals surface area contributed by atoms with Crippen LogP contribution in [0.4, 0.5) is 0 Å². The molecule has 1 saturated carbocycles. The third kappa shape index (κ3) is 1.61. The minimum Gasteiger partial charge on any atom is -0.481 e. The van der Waals surface area contributed by atoms with Crippen molar-refractivity contribution in [3.05, 3.63) is 34.9 Å². The van der Waals surface area contributed by atoms with Crippen molar-refractivity contribution >= 4 is 5.97 Å². The summed E-state index contributed by atoms with van der Waals surface area (Å²) in [6.07, 6.45) is 1.38.